The Morgan fingerprint density at radius 2 is 2.19 bits per heavy atom. The van der Waals surface area contributed by atoms with Crippen LogP contribution in [0.1, 0.15) is 15.9 Å². The summed E-state index contributed by atoms with van der Waals surface area (Å²) in [4.78, 5) is 10.9. The molecule has 0 spiro atoms. The normalized spacial score (nSPS) is 10.3. The smallest absolute Gasteiger partial charge is 0.339 e. The van der Waals surface area contributed by atoms with Gasteiger partial charge in [-0.1, -0.05) is 11.6 Å². The first-order valence-electron chi connectivity index (χ1n) is 4.66. The Morgan fingerprint density at radius 3 is 2.88 bits per heavy atom. The summed E-state index contributed by atoms with van der Waals surface area (Å²) in [6, 6.07) is 4.97. The third-order valence-corrected chi connectivity index (χ3v) is 2.29. The number of aromatic nitrogens is 2. The van der Waals surface area contributed by atoms with Crippen LogP contribution < -0.4 is 0 Å². The van der Waals surface area contributed by atoms with Gasteiger partial charge in [-0.05, 0) is 19.1 Å². The fourth-order valence-electron chi connectivity index (χ4n) is 1.50. The number of carboxylic acids is 1. The van der Waals surface area contributed by atoms with Crippen molar-refractivity contribution in [2.45, 2.75) is 6.92 Å². The largest absolute Gasteiger partial charge is 0.507 e. The van der Waals surface area contributed by atoms with Crippen molar-refractivity contribution in [3.8, 4) is 17.0 Å². The van der Waals surface area contributed by atoms with Gasteiger partial charge in [-0.25, -0.2) is 4.79 Å². The first kappa shape index (κ1) is 10.2. The van der Waals surface area contributed by atoms with E-state index >= 15 is 0 Å². The zero-order chi connectivity index (χ0) is 11.7. The highest BCUT2D eigenvalue weighted by molar-refractivity contribution is 5.95. The van der Waals surface area contributed by atoms with Crippen molar-refractivity contribution in [2.75, 3.05) is 0 Å². The Kier molecular flexibility index (Phi) is 2.36. The Labute approximate surface area is 91.4 Å². The Morgan fingerprint density at radius 1 is 1.44 bits per heavy atom. The van der Waals surface area contributed by atoms with Crippen molar-refractivity contribution in [1.82, 2.24) is 10.2 Å². The lowest BCUT2D eigenvalue weighted by Crippen LogP contribution is -1.97. The molecule has 0 saturated heterocycles. The van der Waals surface area contributed by atoms with Crippen LogP contribution in [0.4, 0.5) is 0 Å². The van der Waals surface area contributed by atoms with E-state index in [0.717, 1.165) is 5.56 Å². The van der Waals surface area contributed by atoms with Crippen molar-refractivity contribution in [1.29, 1.82) is 0 Å². The quantitative estimate of drug-likeness (QED) is 0.717. The van der Waals surface area contributed by atoms with Crippen LogP contribution in [0.15, 0.2) is 24.4 Å². The molecule has 3 N–H and O–H groups in total. The van der Waals surface area contributed by atoms with Crippen LogP contribution in [-0.2, 0) is 0 Å². The molecule has 0 aliphatic heterocycles. The fraction of sp³-hybridized carbons (Fsp3) is 0.0909. The first-order valence-corrected chi connectivity index (χ1v) is 4.66. The summed E-state index contributed by atoms with van der Waals surface area (Å²) in [6.07, 6.45) is 1.22. The van der Waals surface area contributed by atoms with Crippen LogP contribution in [0.5, 0.6) is 5.75 Å². The minimum atomic E-state index is -1.08. The number of nitrogens with zero attached hydrogens (tertiary/aromatic N) is 1. The van der Waals surface area contributed by atoms with Gasteiger partial charge in [0.05, 0.1) is 11.9 Å². The van der Waals surface area contributed by atoms with Crippen LogP contribution in [0.25, 0.3) is 11.3 Å². The van der Waals surface area contributed by atoms with Gasteiger partial charge in [0, 0.05) is 5.56 Å². The maximum Gasteiger partial charge on any atom is 0.339 e. The number of phenols is 1. The van der Waals surface area contributed by atoms with Gasteiger partial charge in [0.15, 0.2) is 0 Å². The zero-order valence-corrected chi connectivity index (χ0v) is 8.56. The van der Waals surface area contributed by atoms with Gasteiger partial charge in [0.1, 0.15) is 11.3 Å². The van der Waals surface area contributed by atoms with Crippen LogP contribution >= 0.6 is 0 Å². The number of carboxylic acid groups (broad SMARTS) is 1. The van der Waals surface area contributed by atoms with E-state index in [1.165, 1.54) is 12.3 Å². The molecule has 0 atom stereocenters. The number of carbonyl (C=O) groups is 1. The summed E-state index contributed by atoms with van der Waals surface area (Å²) >= 11 is 0. The number of nitrogens with one attached hydrogen (secondary N) is 1. The second kappa shape index (κ2) is 3.69. The molecule has 2 aromatic rings. The topological polar surface area (TPSA) is 86.2 Å². The molecule has 2 rings (SSSR count). The van der Waals surface area contributed by atoms with E-state index in [1.54, 1.807) is 12.1 Å². The van der Waals surface area contributed by atoms with Crippen LogP contribution in [0.2, 0.25) is 0 Å². The van der Waals surface area contributed by atoms with Crippen molar-refractivity contribution in [3.63, 3.8) is 0 Å². The fourth-order valence-corrected chi connectivity index (χ4v) is 1.50. The molecule has 0 unspecified atom stereocenters. The molecule has 1 heterocycles. The van der Waals surface area contributed by atoms with Gasteiger partial charge in [0.2, 0.25) is 0 Å². The number of hydrogen-bond donors (Lipinski definition) is 3. The van der Waals surface area contributed by atoms with Crippen molar-refractivity contribution in [3.05, 3.63) is 35.5 Å². The lowest BCUT2D eigenvalue weighted by Gasteiger charge is -2.04. The van der Waals surface area contributed by atoms with Crippen LogP contribution in [-0.4, -0.2) is 26.4 Å². The van der Waals surface area contributed by atoms with Gasteiger partial charge < -0.3 is 10.2 Å². The maximum atomic E-state index is 10.9. The highest BCUT2D eigenvalue weighted by Gasteiger charge is 2.16. The molecule has 82 valence electrons. The average molecular weight is 218 g/mol. The van der Waals surface area contributed by atoms with Crippen LogP contribution in [0.3, 0.4) is 0 Å². The zero-order valence-electron chi connectivity index (χ0n) is 8.56. The predicted octanol–water partition coefficient (Wildman–Crippen LogP) is 1.79. The second-order valence-corrected chi connectivity index (χ2v) is 3.48. The van der Waals surface area contributed by atoms with E-state index in [1.807, 2.05) is 6.92 Å². The summed E-state index contributed by atoms with van der Waals surface area (Å²) < 4.78 is 0. The number of aromatic carboxylic acids is 1. The second-order valence-electron chi connectivity index (χ2n) is 3.48. The van der Waals surface area contributed by atoms with E-state index < -0.39 is 5.97 Å². The number of aromatic amines is 1. The summed E-state index contributed by atoms with van der Waals surface area (Å²) in [7, 11) is 0. The summed E-state index contributed by atoms with van der Waals surface area (Å²) in [5.41, 5.74) is 1.73. The molecule has 0 aliphatic rings. The molecule has 1 aromatic heterocycles. The van der Waals surface area contributed by atoms with Crippen molar-refractivity contribution < 1.29 is 15.0 Å². The number of benzene rings is 1. The lowest BCUT2D eigenvalue weighted by atomic mass is 10.0. The van der Waals surface area contributed by atoms with Gasteiger partial charge in [-0.2, -0.15) is 5.10 Å². The molecule has 0 bridgehead atoms. The Bertz CT molecular complexity index is 546. The highest BCUT2D eigenvalue weighted by atomic mass is 16.4. The highest BCUT2D eigenvalue weighted by Crippen LogP contribution is 2.30. The van der Waals surface area contributed by atoms with Crippen molar-refractivity contribution in [2.24, 2.45) is 0 Å². The van der Waals surface area contributed by atoms with Crippen LogP contribution in [0, 0.1) is 6.92 Å². The van der Waals surface area contributed by atoms with E-state index in [-0.39, 0.29) is 11.3 Å². The summed E-state index contributed by atoms with van der Waals surface area (Å²) in [6.45, 7) is 1.86. The molecule has 5 heteroatoms. The number of aryl methyl sites for hydroxylation is 1. The van der Waals surface area contributed by atoms with E-state index in [9.17, 15) is 9.90 Å². The molecular weight excluding hydrogens is 208 g/mol. The number of rotatable bonds is 2. The Balaban J connectivity index is 2.62. The number of aromatic hydroxyl groups is 1. The van der Waals surface area contributed by atoms with E-state index in [4.69, 9.17) is 5.11 Å². The molecule has 5 nitrogen and oxygen atoms in total. The van der Waals surface area contributed by atoms with Crippen molar-refractivity contribution >= 4 is 5.97 Å². The number of phenolic OH excluding ortho intramolecular Hbond substituents is 1. The monoisotopic (exact) mass is 218 g/mol. The molecule has 0 amide bonds. The van der Waals surface area contributed by atoms with E-state index in [2.05, 4.69) is 10.2 Å². The average Bonchev–Trinajstić information content (AvgIpc) is 2.70. The molecule has 0 radical (unpaired) electrons. The van der Waals surface area contributed by atoms with Gasteiger partial charge in [-0.3, -0.25) is 5.10 Å². The first-order chi connectivity index (χ1) is 7.59. The SMILES string of the molecule is Cc1ccc(O)c(-c2[nH]ncc2C(=O)O)c1. The van der Waals surface area contributed by atoms with Gasteiger partial charge >= 0.3 is 5.97 Å². The molecule has 16 heavy (non-hydrogen) atoms. The molecule has 1 aromatic carbocycles. The minimum absolute atomic E-state index is 0.0253. The standard InChI is InChI=1S/C11H10N2O3/c1-6-2-3-9(14)7(4-6)10-8(11(15)16)5-12-13-10/h2-5,14H,1H3,(H,12,13)(H,15,16). The number of hydrogen-bond acceptors (Lipinski definition) is 3. The minimum Gasteiger partial charge on any atom is -0.507 e. The lowest BCUT2D eigenvalue weighted by molar-refractivity contribution is 0.0698. The maximum absolute atomic E-state index is 10.9. The Hall–Kier alpha value is -2.30. The van der Waals surface area contributed by atoms with Gasteiger partial charge in [-0.15, -0.1) is 0 Å². The molecule has 0 fully saturated rings. The van der Waals surface area contributed by atoms with E-state index in [0.29, 0.717) is 11.3 Å². The third-order valence-electron chi connectivity index (χ3n) is 2.29. The molecule has 0 saturated carbocycles. The molecule has 0 aliphatic carbocycles. The summed E-state index contributed by atoms with van der Waals surface area (Å²) in [5, 5.41) is 24.9. The van der Waals surface area contributed by atoms with Gasteiger partial charge in [0.25, 0.3) is 0 Å². The molecular formula is C11H10N2O3. The third kappa shape index (κ3) is 1.63. The summed E-state index contributed by atoms with van der Waals surface area (Å²) in [5.74, 6) is -1.05. The predicted molar refractivity (Wildman–Crippen MR) is 57.4 cm³/mol. The number of H-pyrrole nitrogens is 1.